The van der Waals surface area contributed by atoms with E-state index in [-0.39, 0.29) is 66.2 Å². The predicted octanol–water partition coefficient (Wildman–Crippen LogP) is -4.50. The zero-order valence-corrected chi connectivity index (χ0v) is 16.5. The Morgan fingerprint density at radius 2 is 1.88 bits per heavy atom. The number of amides is 1. The zero-order valence-electron chi connectivity index (χ0n) is 14.5. The van der Waals surface area contributed by atoms with Gasteiger partial charge >= 0.3 is 35.5 Å². The van der Waals surface area contributed by atoms with Gasteiger partial charge in [0, 0.05) is 0 Å². The van der Waals surface area contributed by atoms with Gasteiger partial charge in [0.25, 0.3) is 0 Å². The van der Waals surface area contributed by atoms with Gasteiger partial charge in [-0.15, -0.1) is 0 Å². The van der Waals surface area contributed by atoms with Crippen LogP contribution in [0.5, 0.6) is 0 Å². The number of nitrogens with one attached hydrogen (secondary N) is 1. The van der Waals surface area contributed by atoms with Crippen molar-refractivity contribution >= 4 is 17.8 Å². The molecule has 0 saturated heterocycles. The van der Waals surface area contributed by atoms with Gasteiger partial charge in [0.1, 0.15) is 13.1 Å². The zero-order chi connectivity index (χ0) is 17.7. The normalized spacial score (nSPS) is 13.1. The van der Waals surface area contributed by atoms with Crippen LogP contribution >= 0.6 is 0 Å². The maximum Gasteiger partial charge on any atom is 1.00 e. The number of hydrogen-bond acceptors (Lipinski definition) is 5. The minimum Gasteiger partial charge on any atom is -0.544 e. The summed E-state index contributed by atoms with van der Waals surface area (Å²) < 4.78 is -0.381. The third-order valence-corrected chi connectivity index (χ3v) is 3.39. The number of carboxylic acid groups (broad SMARTS) is 2. The minimum absolute atomic E-state index is 0. The third kappa shape index (κ3) is 12.5. The van der Waals surface area contributed by atoms with Crippen molar-refractivity contribution in [3.63, 3.8) is 0 Å². The first kappa shape index (κ1) is 25.3. The van der Waals surface area contributed by atoms with Crippen molar-refractivity contribution in [2.45, 2.75) is 26.2 Å². The Morgan fingerprint density at radius 1 is 1.21 bits per heavy atom. The molecule has 0 rings (SSSR count). The molecule has 8 nitrogen and oxygen atoms in total. The summed E-state index contributed by atoms with van der Waals surface area (Å²) in [6.45, 7) is 0.846. The molecule has 0 aromatic heterocycles. The van der Waals surface area contributed by atoms with E-state index in [0.29, 0.717) is 0 Å². The van der Waals surface area contributed by atoms with Crippen molar-refractivity contribution in [2.75, 3.05) is 39.3 Å². The standard InChI is InChI=1S/C15H26N2O6.Na/c1-2-3-4-5-6-13(19)16-7-8-17(9-10-18,11-14(20)21)12-15(22)23;/h5-6,18H,2-4,7-12H2,1H3,(H2-,16,19,20,21,22,23);/q;+1/b6-5+;. The van der Waals surface area contributed by atoms with Crippen molar-refractivity contribution in [3.05, 3.63) is 12.2 Å². The average Bonchev–Trinajstić information content (AvgIpc) is 2.42. The second kappa shape index (κ2) is 14.4. The number of rotatable bonds is 13. The van der Waals surface area contributed by atoms with Crippen molar-refractivity contribution in [1.29, 1.82) is 0 Å². The monoisotopic (exact) mass is 353 g/mol. The molecule has 0 aliphatic heterocycles. The number of carboxylic acids is 2. The van der Waals surface area contributed by atoms with E-state index in [9.17, 15) is 19.5 Å². The fraction of sp³-hybridized carbons (Fsp3) is 0.667. The molecule has 0 spiro atoms. The molecule has 1 unspecified atom stereocenters. The van der Waals surface area contributed by atoms with Crippen LogP contribution in [0, 0.1) is 0 Å². The average molecular weight is 353 g/mol. The molecule has 0 bridgehead atoms. The molecule has 132 valence electrons. The Morgan fingerprint density at radius 3 is 2.38 bits per heavy atom. The van der Waals surface area contributed by atoms with Gasteiger partial charge in [0.2, 0.25) is 5.91 Å². The Balaban J connectivity index is 0. The largest absolute Gasteiger partial charge is 1.00 e. The number of allylic oxidation sites excluding steroid dienone is 1. The molecule has 24 heavy (non-hydrogen) atoms. The minimum atomic E-state index is -1.40. The Labute approximate surface area is 164 Å². The number of quaternary nitrogens is 1. The van der Waals surface area contributed by atoms with Crippen LogP contribution in [0.2, 0.25) is 0 Å². The summed E-state index contributed by atoms with van der Waals surface area (Å²) in [7, 11) is 0. The predicted molar refractivity (Wildman–Crippen MR) is 81.1 cm³/mol. The number of aliphatic hydroxyl groups excluding tert-OH is 1. The van der Waals surface area contributed by atoms with Crippen LogP contribution in [0.3, 0.4) is 0 Å². The van der Waals surface area contributed by atoms with Gasteiger partial charge < -0.3 is 29.9 Å². The molecule has 1 atom stereocenters. The molecular weight excluding hydrogens is 327 g/mol. The molecule has 0 aliphatic carbocycles. The molecule has 3 N–H and O–H groups in total. The van der Waals surface area contributed by atoms with Crippen molar-refractivity contribution in [2.24, 2.45) is 0 Å². The molecule has 0 fully saturated rings. The fourth-order valence-corrected chi connectivity index (χ4v) is 2.24. The van der Waals surface area contributed by atoms with E-state index in [1.807, 2.05) is 6.92 Å². The second-order valence-electron chi connectivity index (χ2n) is 5.43. The van der Waals surface area contributed by atoms with Gasteiger partial charge in [-0.3, -0.25) is 4.79 Å². The SMILES string of the molecule is CCCC/C=C/C(=O)NCC[N+](CCO)(CC(=O)[O-])CC(=O)O.[Na+]. The van der Waals surface area contributed by atoms with Crippen LogP contribution in [0.4, 0.5) is 0 Å². The number of hydrogen-bond donors (Lipinski definition) is 3. The quantitative estimate of drug-likeness (QED) is 0.133. The van der Waals surface area contributed by atoms with Gasteiger partial charge in [-0.25, -0.2) is 4.79 Å². The van der Waals surface area contributed by atoms with Crippen LogP contribution < -0.4 is 40.0 Å². The maximum absolute atomic E-state index is 11.6. The molecule has 0 aromatic carbocycles. The van der Waals surface area contributed by atoms with Crippen LogP contribution in [0.1, 0.15) is 26.2 Å². The smallest absolute Gasteiger partial charge is 0.544 e. The molecule has 0 aliphatic rings. The summed E-state index contributed by atoms with van der Waals surface area (Å²) in [5.74, 6) is -2.89. The van der Waals surface area contributed by atoms with Gasteiger partial charge in [-0.05, 0) is 12.5 Å². The second-order valence-corrected chi connectivity index (χ2v) is 5.43. The number of aliphatic carboxylic acids is 2. The third-order valence-electron chi connectivity index (χ3n) is 3.39. The van der Waals surface area contributed by atoms with Crippen molar-refractivity contribution in [3.8, 4) is 0 Å². The molecule has 0 aromatic rings. The number of nitrogens with zero attached hydrogens (tertiary/aromatic N) is 1. The molecule has 9 heteroatoms. The molecule has 0 saturated carbocycles. The van der Waals surface area contributed by atoms with Gasteiger partial charge in [0.15, 0.2) is 6.54 Å². The van der Waals surface area contributed by atoms with E-state index in [4.69, 9.17) is 10.2 Å². The Kier molecular flexibility index (Phi) is 15.2. The fourth-order valence-electron chi connectivity index (χ4n) is 2.24. The number of aliphatic hydroxyl groups is 1. The molecule has 0 radical (unpaired) electrons. The summed E-state index contributed by atoms with van der Waals surface area (Å²) in [5.41, 5.74) is 0. The van der Waals surface area contributed by atoms with E-state index in [0.717, 1.165) is 19.3 Å². The van der Waals surface area contributed by atoms with Crippen LogP contribution in [0.15, 0.2) is 12.2 Å². The van der Waals surface area contributed by atoms with Gasteiger partial charge in [-0.2, -0.15) is 0 Å². The number of carbonyl (C=O) groups excluding carboxylic acids is 2. The van der Waals surface area contributed by atoms with Crippen LogP contribution in [-0.4, -0.2) is 71.9 Å². The summed E-state index contributed by atoms with van der Waals surface area (Å²) in [5, 5.41) is 31.5. The van der Waals surface area contributed by atoms with Gasteiger partial charge in [0.05, 0.1) is 25.7 Å². The van der Waals surface area contributed by atoms with Crippen molar-refractivity contribution < 1.29 is 63.7 Å². The van der Waals surface area contributed by atoms with E-state index >= 15 is 0 Å². The van der Waals surface area contributed by atoms with Crippen LogP contribution in [-0.2, 0) is 14.4 Å². The Hall–Kier alpha value is -0.930. The maximum atomic E-state index is 11.6. The first-order chi connectivity index (χ1) is 10.8. The molecule has 0 heterocycles. The van der Waals surface area contributed by atoms with E-state index < -0.39 is 25.0 Å². The summed E-state index contributed by atoms with van der Waals surface area (Å²) in [4.78, 5) is 33.4. The van der Waals surface area contributed by atoms with E-state index in [1.54, 1.807) is 6.08 Å². The summed E-state index contributed by atoms with van der Waals surface area (Å²) >= 11 is 0. The summed E-state index contributed by atoms with van der Waals surface area (Å²) in [6.07, 6.45) is 5.99. The van der Waals surface area contributed by atoms with Crippen LogP contribution in [0.25, 0.3) is 0 Å². The number of unbranched alkanes of at least 4 members (excludes halogenated alkanes) is 2. The van der Waals surface area contributed by atoms with Crippen molar-refractivity contribution in [1.82, 2.24) is 5.32 Å². The topological polar surface area (TPSA) is 127 Å². The molecular formula is C15H26N2NaO6+. The number of carbonyl (C=O) groups is 3. The molecule has 1 amide bonds. The first-order valence-electron chi connectivity index (χ1n) is 7.67. The summed E-state index contributed by atoms with van der Waals surface area (Å²) in [6, 6.07) is 0. The van der Waals surface area contributed by atoms with E-state index in [1.165, 1.54) is 6.08 Å². The first-order valence-corrected chi connectivity index (χ1v) is 7.67. The van der Waals surface area contributed by atoms with Gasteiger partial charge in [-0.1, -0.05) is 25.8 Å². The Bertz CT molecular complexity index is 412. The van der Waals surface area contributed by atoms with E-state index in [2.05, 4.69) is 5.32 Å².